The van der Waals surface area contributed by atoms with E-state index in [1.165, 1.54) is 11.8 Å². The predicted octanol–water partition coefficient (Wildman–Crippen LogP) is 4.66. The van der Waals surface area contributed by atoms with E-state index < -0.39 is 0 Å². The molecule has 0 bridgehead atoms. The van der Waals surface area contributed by atoms with E-state index in [1.807, 2.05) is 35.2 Å². The molecular weight excluding hydrogens is 470 g/mol. The van der Waals surface area contributed by atoms with Gasteiger partial charge in [0.05, 0.1) is 18.8 Å². The Kier molecular flexibility index (Phi) is 6.22. The molecule has 8 heteroatoms. The van der Waals surface area contributed by atoms with E-state index in [-0.39, 0.29) is 42.6 Å². The molecule has 2 aliphatic rings. The molecule has 1 fully saturated rings. The van der Waals surface area contributed by atoms with Gasteiger partial charge in [0, 0.05) is 12.5 Å². The van der Waals surface area contributed by atoms with Crippen molar-refractivity contribution in [2.24, 2.45) is 5.92 Å². The number of carbonyl (C=O) groups is 2. The van der Waals surface area contributed by atoms with Crippen LogP contribution in [0.3, 0.4) is 0 Å². The Morgan fingerprint density at radius 1 is 1.05 bits per heavy atom. The van der Waals surface area contributed by atoms with Crippen molar-refractivity contribution in [2.45, 2.75) is 38.5 Å². The molecule has 2 amide bonds. The van der Waals surface area contributed by atoms with Gasteiger partial charge in [-0.1, -0.05) is 36.4 Å². The fourth-order valence-corrected chi connectivity index (χ4v) is 4.78. The summed E-state index contributed by atoms with van der Waals surface area (Å²) >= 11 is 0. The van der Waals surface area contributed by atoms with Crippen molar-refractivity contribution in [1.82, 2.24) is 15.2 Å². The van der Waals surface area contributed by atoms with Crippen molar-refractivity contribution in [3.63, 3.8) is 0 Å². The van der Waals surface area contributed by atoms with Crippen molar-refractivity contribution >= 4 is 11.8 Å². The lowest BCUT2D eigenvalue weighted by molar-refractivity contribution is -0.134. The van der Waals surface area contributed by atoms with Crippen LogP contribution in [0, 0.1) is 5.92 Å². The van der Waals surface area contributed by atoms with Gasteiger partial charge in [0.15, 0.2) is 12.3 Å². The number of hydrogen-bond donors (Lipinski definition) is 1. The minimum absolute atomic E-state index is 0.0744. The zero-order valence-electron chi connectivity index (χ0n) is 20.3. The Bertz CT molecular complexity index is 1390. The molecule has 1 saturated carbocycles. The van der Waals surface area contributed by atoms with Crippen LogP contribution in [0.5, 0.6) is 5.75 Å². The van der Waals surface area contributed by atoms with E-state index >= 15 is 0 Å². The molecule has 1 N–H and O–H groups in total. The van der Waals surface area contributed by atoms with Gasteiger partial charge in [-0.05, 0) is 60.2 Å². The number of amides is 2. The molecule has 37 heavy (non-hydrogen) atoms. The lowest BCUT2D eigenvalue weighted by Gasteiger charge is -2.38. The van der Waals surface area contributed by atoms with Crippen LogP contribution in [0.4, 0.5) is 0 Å². The number of hydrogen-bond acceptors (Lipinski definition) is 6. The monoisotopic (exact) mass is 497 g/mol. The third-order valence-corrected chi connectivity index (χ3v) is 6.82. The third-order valence-electron chi connectivity index (χ3n) is 6.82. The van der Waals surface area contributed by atoms with Gasteiger partial charge < -0.3 is 23.8 Å². The number of fused-ring (bicyclic) bond motifs is 1. The summed E-state index contributed by atoms with van der Waals surface area (Å²) in [5, 5.41) is 2.74. The molecule has 8 nitrogen and oxygen atoms in total. The number of benzene rings is 2. The molecule has 3 heterocycles. The van der Waals surface area contributed by atoms with Crippen LogP contribution in [0.2, 0.25) is 0 Å². The smallest absolute Gasteiger partial charge is 0.273 e. The van der Waals surface area contributed by atoms with Crippen molar-refractivity contribution < 1.29 is 23.2 Å². The molecule has 0 unspecified atom stereocenters. The molecule has 0 saturated heterocycles. The van der Waals surface area contributed by atoms with Crippen LogP contribution in [0.1, 0.15) is 57.7 Å². The van der Waals surface area contributed by atoms with E-state index in [9.17, 15) is 9.59 Å². The van der Waals surface area contributed by atoms with E-state index in [0.717, 1.165) is 30.4 Å². The average Bonchev–Trinajstić information content (AvgIpc) is 3.44. The fraction of sp³-hybridized carbons (Fsp3) is 0.276. The Morgan fingerprint density at radius 2 is 1.92 bits per heavy atom. The number of aromatic nitrogens is 1. The molecule has 0 spiro atoms. The lowest BCUT2D eigenvalue weighted by Crippen LogP contribution is -2.41. The van der Waals surface area contributed by atoms with Gasteiger partial charge in [0.2, 0.25) is 11.8 Å². The molecule has 6 rings (SSSR count). The first-order valence-electron chi connectivity index (χ1n) is 12.5. The van der Waals surface area contributed by atoms with Crippen molar-refractivity contribution in [2.75, 3.05) is 6.54 Å². The summed E-state index contributed by atoms with van der Waals surface area (Å²) in [4.78, 5) is 31.8. The average molecular weight is 498 g/mol. The summed E-state index contributed by atoms with van der Waals surface area (Å²) in [6, 6.07) is 19.6. The van der Waals surface area contributed by atoms with Gasteiger partial charge in [0.25, 0.3) is 5.91 Å². The summed E-state index contributed by atoms with van der Waals surface area (Å²) in [5.41, 5.74) is 3.56. The van der Waals surface area contributed by atoms with Crippen molar-refractivity contribution in [1.29, 1.82) is 0 Å². The quantitative estimate of drug-likeness (QED) is 0.380. The van der Waals surface area contributed by atoms with Gasteiger partial charge >= 0.3 is 0 Å². The third kappa shape index (κ3) is 5.00. The zero-order valence-corrected chi connectivity index (χ0v) is 20.3. The normalized spacial score (nSPS) is 16.8. The summed E-state index contributed by atoms with van der Waals surface area (Å²) in [6.07, 6.45) is 5.64. The SMILES string of the molecule is O=C(NCc1ccco1)c1coc(COc2ccc3c(c2)[C@@H](c2ccccc2)N(C(=O)C2CC2)CC3)n1. The Balaban J connectivity index is 1.17. The van der Waals surface area contributed by atoms with Crippen LogP contribution in [0.25, 0.3) is 0 Å². The van der Waals surface area contributed by atoms with E-state index in [2.05, 4.69) is 28.5 Å². The number of ether oxygens (including phenoxy) is 1. The first kappa shape index (κ1) is 23.1. The molecule has 0 radical (unpaired) electrons. The van der Waals surface area contributed by atoms with Crippen LogP contribution in [-0.4, -0.2) is 28.2 Å². The largest absolute Gasteiger partial charge is 0.484 e. The van der Waals surface area contributed by atoms with Crippen LogP contribution < -0.4 is 10.1 Å². The molecular formula is C29H27N3O5. The van der Waals surface area contributed by atoms with Gasteiger partial charge in [-0.25, -0.2) is 4.98 Å². The van der Waals surface area contributed by atoms with E-state index in [4.69, 9.17) is 13.6 Å². The predicted molar refractivity (Wildman–Crippen MR) is 134 cm³/mol. The molecule has 4 aromatic rings. The van der Waals surface area contributed by atoms with Crippen molar-refractivity contribution in [3.05, 3.63) is 107 Å². The summed E-state index contributed by atoms with van der Waals surface area (Å²) < 4.78 is 16.7. The summed E-state index contributed by atoms with van der Waals surface area (Å²) in [6.45, 7) is 1.05. The molecule has 1 aliphatic heterocycles. The second-order valence-electron chi connectivity index (χ2n) is 9.41. The molecule has 2 aromatic heterocycles. The standard InChI is InChI=1S/C29H27N3O5/c33-28(30-16-23-7-4-14-35-23)25-17-37-26(31-25)18-36-22-11-10-19-12-13-32(29(34)21-8-9-21)27(24(19)15-22)20-5-2-1-3-6-20/h1-7,10-11,14-15,17,21,27H,8-9,12-13,16,18H2,(H,30,33)/t27-/m1/s1. The number of nitrogens with one attached hydrogen (secondary N) is 1. The molecule has 1 aliphatic carbocycles. The number of nitrogens with zero attached hydrogens (tertiary/aromatic N) is 2. The molecule has 2 aromatic carbocycles. The van der Waals surface area contributed by atoms with Gasteiger partial charge in [0.1, 0.15) is 17.8 Å². The highest BCUT2D eigenvalue weighted by Gasteiger charge is 2.39. The van der Waals surface area contributed by atoms with Crippen LogP contribution in [-0.2, 0) is 24.4 Å². The lowest BCUT2D eigenvalue weighted by atomic mass is 9.87. The highest BCUT2D eigenvalue weighted by Crippen LogP contribution is 2.41. The Labute approximate surface area is 214 Å². The van der Waals surface area contributed by atoms with Gasteiger partial charge in [-0.3, -0.25) is 9.59 Å². The van der Waals surface area contributed by atoms with Crippen molar-refractivity contribution in [3.8, 4) is 5.75 Å². The minimum atomic E-state index is -0.355. The molecule has 1 atom stereocenters. The minimum Gasteiger partial charge on any atom is -0.484 e. The Hall–Kier alpha value is -4.33. The maximum Gasteiger partial charge on any atom is 0.273 e. The summed E-state index contributed by atoms with van der Waals surface area (Å²) in [7, 11) is 0. The van der Waals surface area contributed by atoms with E-state index in [1.54, 1.807) is 18.4 Å². The highest BCUT2D eigenvalue weighted by atomic mass is 16.5. The number of carbonyl (C=O) groups excluding carboxylic acids is 2. The first-order chi connectivity index (χ1) is 18.2. The maximum atomic E-state index is 13.2. The van der Waals surface area contributed by atoms with Gasteiger partial charge in [-0.15, -0.1) is 0 Å². The fourth-order valence-electron chi connectivity index (χ4n) is 4.78. The summed E-state index contributed by atoms with van der Waals surface area (Å²) in [5.74, 6) is 1.64. The van der Waals surface area contributed by atoms with Crippen LogP contribution >= 0.6 is 0 Å². The highest BCUT2D eigenvalue weighted by molar-refractivity contribution is 5.91. The second kappa shape index (κ2) is 9.97. The second-order valence-corrected chi connectivity index (χ2v) is 9.41. The number of furan rings is 1. The van der Waals surface area contributed by atoms with Crippen LogP contribution in [0.15, 0.2) is 82.0 Å². The van der Waals surface area contributed by atoms with Gasteiger partial charge in [-0.2, -0.15) is 0 Å². The number of rotatable bonds is 8. The zero-order chi connectivity index (χ0) is 25.2. The Morgan fingerprint density at radius 3 is 2.70 bits per heavy atom. The first-order valence-corrected chi connectivity index (χ1v) is 12.5. The maximum absolute atomic E-state index is 13.2. The van der Waals surface area contributed by atoms with E-state index in [0.29, 0.717) is 23.9 Å². The molecule has 188 valence electrons. The number of oxazole rings is 1. The topological polar surface area (TPSA) is 97.8 Å².